The predicted octanol–water partition coefficient (Wildman–Crippen LogP) is -0.109. The first-order valence-electron chi connectivity index (χ1n) is 9.03. The molecule has 2 amide bonds. The van der Waals surface area contributed by atoms with Crippen LogP contribution in [0, 0.1) is 16.7 Å². The summed E-state index contributed by atoms with van der Waals surface area (Å²) in [6.07, 6.45) is 5.72. The second-order valence-electron chi connectivity index (χ2n) is 7.68. The van der Waals surface area contributed by atoms with Gasteiger partial charge in [0.1, 0.15) is 5.78 Å². The van der Waals surface area contributed by atoms with Crippen molar-refractivity contribution in [3.05, 3.63) is 0 Å². The molecular weight excluding hydrogens is 340 g/mol. The molecule has 2 aliphatic heterocycles. The van der Waals surface area contributed by atoms with Gasteiger partial charge in [-0.2, -0.15) is 0 Å². The fourth-order valence-corrected chi connectivity index (χ4v) is 4.05. The van der Waals surface area contributed by atoms with Gasteiger partial charge in [0.05, 0.1) is 13.5 Å². The van der Waals surface area contributed by atoms with Crippen LogP contribution in [0.1, 0.15) is 44.9 Å². The monoisotopic (exact) mass is 364 g/mol. The van der Waals surface area contributed by atoms with E-state index in [0.717, 1.165) is 38.5 Å². The average Bonchev–Trinajstić information content (AvgIpc) is 2.52. The first-order valence-corrected chi connectivity index (χ1v) is 9.03. The molecule has 1 atom stereocenters. The van der Waals surface area contributed by atoms with Crippen LogP contribution in [0.25, 0.3) is 0 Å². The van der Waals surface area contributed by atoms with Gasteiger partial charge in [-0.15, -0.1) is 0 Å². The summed E-state index contributed by atoms with van der Waals surface area (Å²) in [7, 11) is 1.19. The van der Waals surface area contributed by atoms with Crippen LogP contribution < -0.4 is 10.6 Å². The third kappa shape index (κ3) is 3.01. The molecule has 0 bridgehead atoms. The van der Waals surface area contributed by atoms with E-state index in [-0.39, 0.29) is 29.3 Å². The standard InChI is InChI=1S/C10H13NO4.C8H11NO2/c1-15-9(14)6-7(12)10(3-2-4-10)5-11-8(6)13;10-6-4-7(11)9-5-8(6)2-1-3-8/h6H,2-5H2,1H3,(H,11,13);1-5H2,(H,9,11). The Morgan fingerprint density at radius 1 is 0.962 bits per heavy atom. The Hall–Kier alpha value is -2.25. The lowest BCUT2D eigenvalue weighted by molar-refractivity contribution is -0.162. The van der Waals surface area contributed by atoms with Crippen molar-refractivity contribution in [3.63, 3.8) is 0 Å². The predicted molar refractivity (Wildman–Crippen MR) is 88.7 cm³/mol. The number of methoxy groups -OCH3 is 1. The van der Waals surface area contributed by atoms with Gasteiger partial charge in [-0.1, -0.05) is 12.8 Å². The minimum absolute atomic E-state index is 0.104. The maximum Gasteiger partial charge on any atom is 0.325 e. The summed E-state index contributed by atoms with van der Waals surface area (Å²) >= 11 is 0. The molecule has 2 spiro atoms. The highest BCUT2D eigenvalue weighted by molar-refractivity contribution is 6.19. The zero-order valence-corrected chi connectivity index (χ0v) is 14.9. The van der Waals surface area contributed by atoms with Crippen molar-refractivity contribution in [1.82, 2.24) is 10.6 Å². The molecule has 8 heteroatoms. The highest BCUT2D eigenvalue weighted by Gasteiger charge is 2.54. The van der Waals surface area contributed by atoms with Crippen molar-refractivity contribution in [3.8, 4) is 0 Å². The maximum atomic E-state index is 12.0. The van der Waals surface area contributed by atoms with Gasteiger partial charge >= 0.3 is 5.97 Å². The largest absolute Gasteiger partial charge is 0.468 e. The van der Waals surface area contributed by atoms with Crippen molar-refractivity contribution in [1.29, 1.82) is 0 Å². The van der Waals surface area contributed by atoms with E-state index in [9.17, 15) is 24.0 Å². The van der Waals surface area contributed by atoms with Crippen molar-refractivity contribution in [2.75, 3.05) is 20.2 Å². The molecule has 2 N–H and O–H groups in total. The Morgan fingerprint density at radius 3 is 2.00 bits per heavy atom. The van der Waals surface area contributed by atoms with Crippen LogP contribution in [-0.2, 0) is 28.7 Å². The molecule has 4 aliphatic rings. The summed E-state index contributed by atoms with van der Waals surface area (Å²) < 4.78 is 4.47. The lowest BCUT2D eigenvalue weighted by Gasteiger charge is -2.44. The van der Waals surface area contributed by atoms with E-state index in [1.165, 1.54) is 7.11 Å². The molecule has 4 rings (SSSR count). The van der Waals surface area contributed by atoms with Crippen molar-refractivity contribution < 1.29 is 28.7 Å². The molecule has 0 radical (unpaired) electrons. The lowest BCUT2D eigenvalue weighted by Crippen LogP contribution is -2.60. The van der Waals surface area contributed by atoms with E-state index in [1.54, 1.807) is 0 Å². The Morgan fingerprint density at radius 2 is 1.54 bits per heavy atom. The molecule has 1 unspecified atom stereocenters. The molecule has 2 heterocycles. The van der Waals surface area contributed by atoms with Crippen LogP contribution in [-0.4, -0.2) is 49.5 Å². The van der Waals surface area contributed by atoms with Crippen LogP contribution >= 0.6 is 0 Å². The van der Waals surface area contributed by atoms with E-state index in [2.05, 4.69) is 15.4 Å². The first-order chi connectivity index (χ1) is 12.3. The number of hydrogen-bond acceptors (Lipinski definition) is 6. The van der Waals surface area contributed by atoms with E-state index >= 15 is 0 Å². The zero-order valence-electron chi connectivity index (χ0n) is 14.9. The topological polar surface area (TPSA) is 119 Å². The molecule has 2 aliphatic carbocycles. The van der Waals surface area contributed by atoms with Crippen LogP contribution in [0.3, 0.4) is 0 Å². The van der Waals surface area contributed by atoms with Crippen LogP contribution in [0.5, 0.6) is 0 Å². The molecule has 0 aromatic carbocycles. The maximum absolute atomic E-state index is 12.0. The minimum Gasteiger partial charge on any atom is -0.468 e. The summed E-state index contributed by atoms with van der Waals surface area (Å²) in [5.41, 5.74) is -0.610. The molecule has 8 nitrogen and oxygen atoms in total. The Kier molecular flexibility index (Phi) is 4.86. The molecule has 0 aromatic rings. The number of Topliss-reactive ketones (excluding diaryl/α,β-unsaturated/α-hetero) is 2. The van der Waals surface area contributed by atoms with E-state index in [4.69, 9.17) is 0 Å². The molecule has 4 fully saturated rings. The summed E-state index contributed by atoms with van der Waals surface area (Å²) in [5.74, 6) is -2.72. The van der Waals surface area contributed by atoms with Crippen molar-refractivity contribution in [2.45, 2.75) is 44.9 Å². The molecular formula is C18H24N2O6. The van der Waals surface area contributed by atoms with Gasteiger partial charge in [-0.3, -0.25) is 24.0 Å². The number of nitrogens with one attached hydrogen (secondary N) is 2. The zero-order chi connectivity index (χ0) is 18.9. The average molecular weight is 364 g/mol. The number of piperidine rings is 2. The number of hydrogen-bond donors (Lipinski definition) is 2. The molecule has 26 heavy (non-hydrogen) atoms. The van der Waals surface area contributed by atoms with Crippen molar-refractivity contribution >= 4 is 29.4 Å². The minimum atomic E-state index is -1.25. The van der Waals surface area contributed by atoms with E-state index in [0.29, 0.717) is 13.1 Å². The van der Waals surface area contributed by atoms with Gasteiger partial charge in [0, 0.05) is 23.9 Å². The van der Waals surface area contributed by atoms with Crippen LogP contribution in [0.2, 0.25) is 0 Å². The van der Waals surface area contributed by atoms with Crippen LogP contribution in [0.4, 0.5) is 0 Å². The molecule has 2 saturated heterocycles. The van der Waals surface area contributed by atoms with E-state index in [1.807, 2.05) is 0 Å². The third-order valence-corrected chi connectivity index (χ3v) is 6.24. The van der Waals surface area contributed by atoms with Gasteiger partial charge in [-0.05, 0) is 25.7 Å². The summed E-state index contributed by atoms with van der Waals surface area (Å²) in [4.78, 5) is 56.8. The fraction of sp³-hybridized carbons (Fsp3) is 0.722. The number of ketones is 2. The van der Waals surface area contributed by atoms with Gasteiger partial charge < -0.3 is 15.4 Å². The first kappa shape index (κ1) is 18.5. The quantitative estimate of drug-likeness (QED) is 0.495. The number of carbonyl (C=O) groups excluding carboxylic acids is 5. The van der Waals surface area contributed by atoms with Crippen LogP contribution in [0.15, 0.2) is 0 Å². The Labute approximate surface area is 151 Å². The van der Waals surface area contributed by atoms with Gasteiger partial charge in [0.15, 0.2) is 11.7 Å². The number of ether oxygens (including phenoxy) is 1. The Bertz CT molecular complexity index is 655. The number of rotatable bonds is 1. The second-order valence-corrected chi connectivity index (χ2v) is 7.68. The molecule has 0 aromatic heterocycles. The lowest BCUT2D eigenvalue weighted by atomic mass is 9.61. The molecule has 2 saturated carbocycles. The SMILES string of the molecule is COC(=O)C1C(=O)NCC2(CCC2)C1=O.O=C1CC(=O)C2(CCC2)CN1. The molecule has 142 valence electrons. The highest BCUT2D eigenvalue weighted by atomic mass is 16.5. The normalized spacial score (nSPS) is 28.1. The highest BCUT2D eigenvalue weighted by Crippen LogP contribution is 2.45. The second kappa shape index (κ2) is 6.81. The summed E-state index contributed by atoms with van der Waals surface area (Å²) in [6.45, 7) is 0.961. The number of carbonyl (C=O) groups is 5. The van der Waals surface area contributed by atoms with Crippen molar-refractivity contribution in [2.24, 2.45) is 16.7 Å². The summed E-state index contributed by atoms with van der Waals surface area (Å²) in [6, 6.07) is 0. The smallest absolute Gasteiger partial charge is 0.325 e. The van der Waals surface area contributed by atoms with Gasteiger partial charge in [0.25, 0.3) is 0 Å². The third-order valence-electron chi connectivity index (χ3n) is 6.24. The summed E-state index contributed by atoms with van der Waals surface area (Å²) in [5, 5.41) is 5.36. The van der Waals surface area contributed by atoms with Gasteiger partial charge in [0.2, 0.25) is 11.8 Å². The van der Waals surface area contributed by atoms with Gasteiger partial charge in [-0.25, -0.2) is 0 Å². The Balaban J connectivity index is 0.000000158. The fourth-order valence-electron chi connectivity index (χ4n) is 4.05. The van der Waals surface area contributed by atoms with E-state index < -0.39 is 23.2 Å². The number of amides is 2. The number of esters is 1.